The van der Waals surface area contributed by atoms with Gasteiger partial charge in [0.1, 0.15) is 0 Å². The lowest BCUT2D eigenvalue weighted by molar-refractivity contribution is 0.125. The Morgan fingerprint density at radius 3 is 2.83 bits per heavy atom. The highest BCUT2D eigenvalue weighted by Gasteiger charge is 2.27. The Kier molecular flexibility index (Phi) is 4.35. The second kappa shape index (κ2) is 5.80. The van der Waals surface area contributed by atoms with Gasteiger partial charge in [0.25, 0.3) is 0 Å². The highest BCUT2D eigenvalue weighted by Crippen LogP contribution is 2.21. The van der Waals surface area contributed by atoms with Crippen LogP contribution in [-0.2, 0) is 13.0 Å². The highest BCUT2D eigenvalue weighted by atomic mass is 16.5. The first kappa shape index (κ1) is 13.5. The van der Waals surface area contributed by atoms with E-state index in [1.54, 1.807) is 0 Å². The molecule has 1 aliphatic heterocycles. The molecule has 18 heavy (non-hydrogen) atoms. The maximum absolute atomic E-state index is 9.56. The number of hydrogen-bond donors (Lipinski definition) is 1. The van der Waals surface area contributed by atoms with Gasteiger partial charge in [0.2, 0.25) is 5.89 Å². The molecule has 2 unspecified atom stereocenters. The number of hydrogen-bond acceptors (Lipinski definition) is 5. The quantitative estimate of drug-likeness (QED) is 0.861. The predicted molar refractivity (Wildman–Crippen MR) is 67.9 cm³/mol. The van der Waals surface area contributed by atoms with Gasteiger partial charge in [-0.1, -0.05) is 19.0 Å². The van der Waals surface area contributed by atoms with Crippen LogP contribution in [0.3, 0.4) is 0 Å². The van der Waals surface area contributed by atoms with Gasteiger partial charge in [0.05, 0.1) is 12.6 Å². The first-order valence-corrected chi connectivity index (χ1v) is 6.76. The summed E-state index contributed by atoms with van der Waals surface area (Å²) in [5, 5.41) is 13.6. The van der Waals surface area contributed by atoms with Crippen molar-refractivity contribution in [1.29, 1.82) is 0 Å². The Hall–Kier alpha value is -0.940. The summed E-state index contributed by atoms with van der Waals surface area (Å²) in [6.07, 6.45) is 1.68. The third-order valence-electron chi connectivity index (χ3n) is 3.45. The van der Waals surface area contributed by atoms with E-state index in [-0.39, 0.29) is 6.10 Å². The first-order valence-electron chi connectivity index (χ1n) is 6.76. The number of aliphatic hydroxyl groups is 1. The molecule has 2 rings (SSSR count). The number of nitrogens with zero attached hydrogens (tertiary/aromatic N) is 3. The maximum atomic E-state index is 9.56. The van der Waals surface area contributed by atoms with Crippen LogP contribution in [0.15, 0.2) is 4.52 Å². The summed E-state index contributed by atoms with van der Waals surface area (Å²) in [7, 11) is 0. The monoisotopic (exact) mass is 253 g/mol. The molecule has 2 heterocycles. The van der Waals surface area contributed by atoms with E-state index in [1.165, 1.54) is 0 Å². The molecule has 1 N–H and O–H groups in total. The third kappa shape index (κ3) is 3.53. The van der Waals surface area contributed by atoms with Crippen molar-refractivity contribution in [2.45, 2.75) is 46.3 Å². The summed E-state index contributed by atoms with van der Waals surface area (Å²) in [5.74, 6) is 2.41. The second-order valence-electron chi connectivity index (χ2n) is 5.73. The van der Waals surface area contributed by atoms with Gasteiger partial charge in [-0.25, -0.2) is 0 Å². The van der Waals surface area contributed by atoms with Gasteiger partial charge in [-0.3, -0.25) is 4.90 Å². The zero-order valence-corrected chi connectivity index (χ0v) is 11.5. The smallest absolute Gasteiger partial charge is 0.240 e. The summed E-state index contributed by atoms with van der Waals surface area (Å²) in [4.78, 5) is 6.67. The van der Waals surface area contributed by atoms with Crippen molar-refractivity contribution in [2.75, 3.05) is 13.1 Å². The molecule has 5 heteroatoms. The fourth-order valence-electron chi connectivity index (χ4n) is 2.39. The molecule has 1 aromatic heterocycles. The van der Waals surface area contributed by atoms with Gasteiger partial charge < -0.3 is 9.63 Å². The van der Waals surface area contributed by atoms with Gasteiger partial charge in [-0.2, -0.15) is 4.98 Å². The van der Waals surface area contributed by atoms with Crippen LogP contribution in [0.4, 0.5) is 0 Å². The van der Waals surface area contributed by atoms with Gasteiger partial charge in [0, 0.05) is 13.0 Å². The molecule has 0 saturated carbocycles. The number of likely N-dealkylation sites (tertiary alicyclic amines) is 1. The average Bonchev–Trinajstić information content (AvgIpc) is 2.88. The summed E-state index contributed by atoms with van der Waals surface area (Å²) in [5.41, 5.74) is 0. The predicted octanol–water partition coefficient (Wildman–Crippen LogP) is 1.47. The molecule has 0 aromatic carbocycles. The first-order chi connectivity index (χ1) is 8.54. The van der Waals surface area contributed by atoms with Crippen LogP contribution < -0.4 is 0 Å². The molecule has 102 valence electrons. The minimum atomic E-state index is -0.228. The second-order valence-corrected chi connectivity index (χ2v) is 5.73. The van der Waals surface area contributed by atoms with Crippen LogP contribution in [0.1, 0.15) is 38.9 Å². The largest absolute Gasteiger partial charge is 0.393 e. The van der Waals surface area contributed by atoms with Crippen molar-refractivity contribution in [1.82, 2.24) is 15.0 Å². The van der Waals surface area contributed by atoms with Crippen molar-refractivity contribution >= 4 is 0 Å². The summed E-state index contributed by atoms with van der Waals surface area (Å²) in [6.45, 7) is 8.76. The van der Waals surface area contributed by atoms with Crippen LogP contribution in [0.5, 0.6) is 0 Å². The van der Waals surface area contributed by atoms with E-state index in [0.29, 0.717) is 24.3 Å². The van der Waals surface area contributed by atoms with Crippen LogP contribution in [-0.4, -0.2) is 39.3 Å². The lowest BCUT2D eigenvalue weighted by Crippen LogP contribution is -2.24. The van der Waals surface area contributed by atoms with Crippen LogP contribution >= 0.6 is 0 Å². The maximum Gasteiger partial charge on any atom is 0.240 e. The Labute approximate surface area is 108 Å². The topological polar surface area (TPSA) is 62.4 Å². The van der Waals surface area contributed by atoms with E-state index >= 15 is 0 Å². The zero-order chi connectivity index (χ0) is 13.1. The van der Waals surface area contributed by atoms with Crippen molar-refractivity contribution in [2.24, 2.45) is 11.8 Å². The number of rotatable bonds is 5. The molecule has 0 radical (unpaired) electrons. The van der Waals surface area contributed by atoms with Crippen LogP contribution in [0, 0.1) is 11.8 Å². The van der Waals surface area contributed by atoms with Crippen LogP contribution in [0.2, 0.25) is 0 Å². The van der Waals surface area contributed by atoms with Crippen molar-refractivity contribution in [3.63, 3.8) is 0 Å². The molecule has 1 aromatic rings. The van der Waals surface area contributed by atoms with E-state index < -0.39 is 0 Å². The average molecular weight is 253 g/mol. The standard InChI is InChI=1S/C13H23N3O2/c1-9(2)6-12-14-13(18-15-12)8-16-5-4-11(7-16)10(3)17/h9-11,17H,4-8H2,1-3H3. The molecule has 5 nitrogen and oxygen atoms in total. The van der Waals surface area contributed by atoms with Gasteiger partial charge >= 0.3 is 0 Å². The number of aromatic nitrogens is 2. The minimum absolute atomic E-state index is 0.228. The van der Waals surface area contributed by atoms with E-state index in [1.807, 2.05) is 6.92 Å². The van der Waals surface area contributed by atoms with Gasteiger partial charge in [0.15, 0.2) is 5.82 Å². The molecule has 2 atom stereocenters. The molecule has 0 bridgehead atoms. The van der Waals surface area contributed by atoms with Crippen molar-refractivity contribution in [3.8, 4) is 0 Å². The Bertz CT molecular complexity index is 376. The van der Waals surface area contributed by atoms with Crippen molar-refractivity contribution < 1.29 is 9.63 Å². The normalized spacial score (nSPS) is 22.8. The summed E-state index contributed by atoms with van der Waals surface area (Å²) < 4.78 is 5.26. The molecule has 1 fully saturated rings. The van der Waals surface area contributed by atoms with E-state index in [9.17, 15) is 5.11 Å². The third-order valence-corrected chi connectivity index (χ3v) is 3.45. The van der Waals surface area contributed by atoms with E-state index in [4.69, 9.17) is 4.52 Å². The molecule has 1 aliphatic rings. The molecule has 0 amide bonds. The Morgan fingerprint density at radius 2 is 2.22 bits per heavy atom. The molecule has 1 saturated heterocycles. The summed E-state index contributed by atoms with van der Waals surface area (Å²) >= 11 is 0. The minimum Gasteiger partial charge on any atom is -0.393 e. The fraction of sp³-hybridized carbons (Fsp3) is 0.846. The lowest BCUT2D eigenvalue weighted by atomic mass is 10.0. The Balaban J connectivity index is 1.85. The van der Waals surface area contributed by atoms with Gasteiger partial charge in [-0.05, 0) is 31.7 Å². The summed E-state index contributed by atoms with van der Waals surface area (Å²) in [6, 6.07) is 0. The lowest BCUT2D eigenvalue weighted by Gasteiger charge is -2.15. The highest BCUT2D eigenvalue weighted by molar-refractivity contribution is 4.89. The van der Waals surface area contributed by atoms with Crippen molar-refractivity contribution in [3.05, 3.63) is 11.7 Å². The molecular weight excluding hydrogens is 230 g/mol. The molecule has 0 aliphatic carbocycles. The fourth-order valence-corrected chi connectivity index (χ4v) is 2.39. The van der Waals surface area contributed by atoms with E-state index in [0.717, 1.165) is 31.8 Å². The SMILES string of the molecule is CC(C)Cc1noc(CN2CCC(C(C)O)C2)n1. The Morgan fingerprint density at radius 1 is 1.44 bits per heavy atom. The van der Waals surface area contributed by atoms with Crippen LogP contribution in [0.25, 0.3) is 0 Å². The zero-order valence-electron chi connectivity index (χ0n) is 11.5. The van der Waals surface area contributed by atoms with E-state index in [2.05, 4.69) is 28.9 Å². The molecule has 0 spiro atoms. The van der Waals surface area contributed by atoms with Gasteiger partial charge in [-0.15, -0.1) is 0 Å². The number of aliphatic hydroxyl groups excluding tert-OH is 1. The molecular formula is C13H23N3O2.